The Hall–Kier alpha value is -0.690. The number of nitrogens with zero attached hydrogens (tertiary/aromatic N) is 1. The van der Waals surface area contributed by atoms with Crippen LogP contribution in [0.2, 0.25) is 0 Å². The predicted octanol–water partition coefficient (Wildman–Crippen LogP) is 0.443. The van der Waals surface area contributed by atoms with Gasteiger partial charge in [0, 0.05) is 26.1 Å². The molecule has 0 aromatic heterocycles. The number of hydrogen-bond acceptors (Lipinski definition) is 5. The smallest absolute Gasteiger partial charge is 0.102 e. The summed E-state index contributed by atoms with van der Waals surface area (Å²) in [5.74, 6) is -1.09. The summed E-state index contributed by atoms with van der Waals surface area (Å²) in [5, 5.41) is 9.81. The van der Waals surface area contributed by atoms with Gasteiger partial charge in [-0.3, -0.25) is 0 Å². The lowest BCUT2D eigenvalue weighted by molar-refractivity contribution is -0.914. The summed E-state index contributed by atoms with van der Waals surface area (Å²) in [6.45, 7) is 8.90. The number of ether oxygens (including phenoxy) is 3. The van der Waals surface area contributed by atoms with Crippen LogP contribution in [-0.2, 0) is 19.0 Å². The highest BCUT2D eigenvalue weighted by Gasteiger charge is 2.23. The van der Waals surface area contributed by atoms with Gasteiger partial charge < -0.3 is 28.6 Å². The van der Waals surface area contributed by atoms with Gasteiger partial charge in [-0.1, -0.05) is 0 Å². The lowest BCUT2D eigenvalue weighted by Crippen LogP contribution is -2.49. The van der Waals surface area contributed by atoms with Gasteiger partial charge in [-0.25, -0.2) is 0 Å². The Morgan fingerprint density at radius 2 is 1.73 bits per heavy atom. The van der Waals surface area contributed by atoms with Crippen molar-refractivity contribution in [3.05, 3.63) is 0 Å². The Morgan fingerprint density at radius 1 is 1.05 bits per heavy atom. The van der Waals surface area contributed by atoms with Crippen molar-refractivity contribution in [1.82, 2.24) is 0 Å². The average molecular weight is 319 g/mol. The number of likely N-dealkylation sites (tertiary alicyclic amines) is 1. The van der Waals surface area contributed by atoms with Crippen LogP contribution in [0.1, 0.15) is 32.6 Å². The molecule has 132 valence electrons. The number of carbonyl (C=O) groups is 1. The van der Waals surface area contributed by atoms with Gasteiger partial charge in [-0.15, -0.1) is 0 Å². The molecule has 1 aliphatic rings. The molecular formula is C16H33NO5. The van der Waals surface area contributed by atoms with Crippen molar-refractivity contribution in [2.45, 2.75) is 32.6 Å². The van der Waals surface area contributed by atoms with Crippen LogP contribution in [0, 0.1) is 0 Å². The Kier molecular flexibility index (Phi) is 13.5. The molecule has 6 heteroatoms. The van der Waals surface area contributed by atoms with Crippen LogP contribution in [0.15, 0.2) is 0 Å². The van der Waals surface area contributed by atoms with E-state index in [-0.39, 0.29) is 13.0 Å². The first-order valence-electron chi connectivity index (χ1n) is 8.22. The van der Waals surface area contributed by atoms with E-state index in [9.17, 15) is 9.90 Å². The predicted molar refractivity (Wildman–Crippen MR) is 83.4 cm³/mol. The van der Waals surface area contributed by atoms with Gasteiger partial charge in [0.05, 0.1) is 46.6 Å². The number of likely N-dealkylation sites (N-methyl/N-ethyl adjacent to an activating group) is 1. The first-order valence-corrected chi connectivity index (χ1v) is 8.22. The van der Waals surface area contributed by atoms with Gasteiger partial charge >= 0.3 is 0 Å². The lowest BCUT2D eigenvalue weighted by atomic mass is 10.1. The van der Waals surface area contributed by atoms with E-state index in [4.69, 9.17) is 9.47 Å². The third kappa shape index (κ3) is 13.0. The molecule has 0 N–H and O–H groups in total. The molecule has 0 amide bonds. The maximum Gasteiger partial charge on any atom is 0.102 e. The molecule has 1 saturated heterocycles. The second-order valence-electron chi connectivity index (χ2n) is 5.78. The first kappa shape index (κ1) is 21.3. The van der Waals surface area contributed by atoms with Gasteiger partial charge in [-0.05, 0) is 26.2 Å². The molecule has 0 aromatic rings. The summed E-state index contributed by atoms with van der Waals surface area (Å²) in [6, 6.07) is 0. The monoisotopic (exact) mass is 319 g/mol. The van der Waals surface area contributed by atoms with Crippen molar-refractivity contribution in [2.75, 3.05) is 66.8 Å². The molecule has 0 aliphatic carbocycles. The maximum atomic E-state index is 9.81. The number of hydrogen-bond donors (Lipinski definition) is 0. The maximum absolute atomic E-state index is 9.81. The van der Waals surface area contributed by atoms with Crippen molar-refractivity contribution in [3.63, 3.8) is 0 Å². The quantitative estimate of drug-likeness (QED) is 0.432. The van der Waals surface area contributed by atoms with Crippen molar-refractivity contribution in [3.8, 4) is 0 Å². The second-order valence-corrected chi connectivity index (χ2v) is 5.78. The summed E-state index contributed by atoms with van der Waals surface area (Å²) in [6.07, 6.45) is 4.19. The van der Waals surface area contributed by atoms with E-state index in [1.807, 2.05) is 0 Å². The van der Waals surface area contributed by atoms with E-state index in [2.05, 4.69) is 18.7 Å². The third-order valence-electron chi connectivity index (χ3n) is 3.76. The molecule has 0 saturated carbocycles. The van der Waals surface area contributed by atoms with Gasteiger partial charge in [0.2, 0.25) is 0 Å². The zero-order chi connectivity index (χ0) is 16.7. The third-order valence-corrected chi connectivity index (χ3v) is 3.76. The summed E-state index contributed by atoms with van der Waals surface area (Å²) in [5.41, 5.74) is 0. The highest BCUT2D eigenvalue weighted by atomic mass is 16.5. The number of carboxylic acids is 1. The summed E-state index contributed by atoms with van der Waals surface area (Å²) >= 11 is 0. The van der Waals surface area contributed by atoms with Crippen molar-refractivity contribution >= 4 is 5.97 Å². The van der Waals surface area contributed by atoms with E-state index < -0.39 is 5.97 Å². The number of aliphatic carboxylic acids is 1. The van der Waals surface area contributed by atoms with Gasteiger partial charge in [0.15, 0.2) is 0 Å². The highest BCUT2D eigenvalue weighted by molar-refractivity contribution is 5.64. The van der Waals surface area contributed by atoms with Crippen LogP contribution in [0.5, 0.6) is 0 Å². The first-order chi connectivity index (χ1) is 10.5. The number of piperidine rings is 1. The van der Waals surface area contributed by atoms with Crippen LogP contribution in [-0.4, -0.2) is 77.3 Å². The van der Waals surface area contributed by atoms with E-state index in [0.717, 1.165) is 13.2 Å². The highest BCUT2D eigenvalue weighted by Crippen LogP contribution is 2.15. The Balaban J connectivity index is 0.000000409. The normalized spacial score (nSPS) is 16.7. The number of quaternary nitrogens is 1. The molecule has 1 heterocycles. The van der Waals surface area contributed by atoms with Gasteiger partial charge in [-0.2, -0.15) is 0 Å². The zero-order valence-corrected chi connectivity index (χ0v) is 14.5. The van der Waals surface area contributed by atoms with Crippen molar-refractivity contribution in [2.24, 2.45) is 0 Å². The average Bonchev–Trinajstić information content (AvgIpc) is 2.48. The molecule has 0 radical (unpaired) electrons. The van der Waals surface area contributed by atoms with Crippen LogP contribution in [0.3, 0.4) is 0 Å². The largest absolute Gasteiger partial charge is 0.550 e. The minimum atomic E-state index is -1.09. The fraction of sp³-hybridized carbons (Fsp3) is 0.938. The Labute approximate surface area is 134 Å². The molecule has 1 fully saturated rings. The topological polar surface area (TPSA) is 67.8 Å². The number of carboxylic acid groups (broad SMARTS) is 1. The van der Waals surface area contributed by atoms with Gasteiger partial charge in [0.25, 0.3) is 0 Å². The van der Waals surface area contributed by atoms with E-state index in [1.165, 1.54) is 43.4 Å². The fourth-order valence-corrected chi connectivity index (χ4v) is 2.33. The summed E-state index contributed by atoms with van der Waals surface area (Å²) in [4.78, 5) is 9.81. The zero-order valence-electron chi connectivity index (χ0n) is 14.5. The lowest BCUT2D eigenvalue weighted by Gasteiger charge is -2.37. The molecule has 1 aliphatic heterocycles. The molecule has 6 nitrogen and oxygen atoms in total. The van der Waals surface area contributed by atoms with Crippen LogP contribution < -0.4 is 5.11 Å². The minimum Gasteiger partial charge on any atom is -0.550 e. The Morgan fingerprint density at radius 3 is 2.27 bits per heavy atom. The number of methoxy groups -OCH3 is 1. The molecular weight excluding hydrogens is 286 g/mol. The van der Waals surface area contributed by atoms with E-state index >= 15 is 0 Å². The minimum absolute atomic E-state index is 0.0519. The second kappa shape index (κ2) is 13.9. The fourth-order valence-electron chi connectivity index (χ4n) is 2.33. The number of rotatable bonds is 10. The SMILES string of the molecule is CCOCC[N+]1(C)CCCCC1.COCCOCCC(=O)[O-]. The van der Waals surface area contributed by atoms with Crippen LogP contribution in [0.4, 0.5) is 0 Å². The molecule has 0 atom stereocenters. The molecule has 0 spiro atoms. The van der Waals surface area contributed by atoms with Crippen LogP contribution in [0.25, 0.3) is 0 Å². The van der Waals surface area contributed by atoms with E-state index in [0.29, 0.717) is 13.2 Å². The van der Waals surface area contributed by atoms with Crippen molar-refractivity contribution < 1.29 is 28.6 Å². The van der Waals surface area contributed by atoms with Crippen molar-refractivity contribution in [1.29, 1.82) is 0 Å². The van der Waals surface area contributed by atoms with Crippen LogP contribution >= 0.6 is 0 Å². The van der Waals surface area contributed by atoms with E-state index in [1.54, 1.807) is 7.11 Å². The molecule has 22 heavy (non-hydrogen) atoms. The molecule has 0 bridgehead atoms. The standard InChI is InChI=1S/C10H22NO.C6H12O4/c1-3-12-10-9-11(2)7-5-4-6-8-11;1-9-4-5-10-3-2-6(7)8/h3-10H2,1-2H3;2-5H2,1H3,(H,7,8)/q+1;/p-1. The van der Waals surface area contributed by atoms with Gasteiger partial charge in [0.1, 0.15) is 6.54 Å². The summed E-state index contributed by atoms with van der Waals surface area (Å²) < 4.78 is 16.1. The molecule has 1 rings (SSSR count). The molecule has 0 unspecified atom stereocenters. The Bertz CT molecular complexity index is 267. The number of carbonyl (C=O) groups excluding carboxylic acids is 1. The molecule has 0 aromatic carbocycles. The summed E-state index contributed by atoms with van der Waals surface area (Å²) in [7, 11) is 3.92.